The molecule has 1 aliphatic carbocycles. The second-order valence-electron chi connectivity index (χ2n) is 15.2. The topological polar surface area (TPSA) is 42.3 Å². The second kappa shape index (κ2) is 11.6. The zero-order valence-corrected chi connectivity index (χ0v) is 29.4. The van der Waals surface area contributed by atoms with Gasteiger partial charge in [-0.05, 0) is 91.6 Å². The minimum absolute atomic E-state index is 0.237. The summed E-state index contributed by atoms with van der Waals surface area (Å²) in [6.07, 6.45) is 13.9. The van der Waals surface area contributed by atoms with Gasteiger partial charge in [-0.15, -0.1) is 0 Å². The summed E-state index contributed by atoms with van der Waals surface area (Å²) >= 11 is 0. The van der Waals surface area contributed by atoms with Crippen molar-refractivity contribution in [2.45, 2.75) is 95.8 Å². The minimum atomic E-state index is -1.63. The Morgan fingerprint density at radius 2 is 1.72 bits per heavy atom. The summed E-state index contributed by atoms with van der Waals surface area (Å²) in [7, 11) is -1.63. The third-order valence-electron chi connectivity index (χ3n) is 11.1. The van der Waals surface area contributed by atoms with Crippen LogP contribution in [0.25, 0.3) is 33.3 Å². The maximum absolute atomic E-state index is 6.34. The fraction of sp³-hybridized carbons (Fsp3) is 0.357. The monoisotopic (exact) mass is 636 g/mol. The Bertz CT molecular complexity index is 2110. The van der Waals surface area contributed by atoms with Gasteiger partial charge >= 0.3 is 0 Å². The van der Waals surface area contributed by atoms with Crippen molar-refractivity contribution < 1.29 is 8.98 Å². The van der Waals surface area contributed by atoms with Crippen LogP contribution >= 0.6 is 0 Å². The SMILES string of the molecule is C=CC1=NC(=C)CC2C(CCc3cc4oc5nc(C)ccc5c4cc31)c1ccccc1-c1cc(C3CCCCC3)c([Si](C)(C)C)c[n+]12. The van der Waals surface area contributed by atoms with E-state index in [1.165, 1.54) is 54.5 Å². The van der Waals surface area contributed by atoms with E-state index in [0.717, 1.165) is 58.3 Å². The van der Waals surface area contributed by atoms with Crippen LogP contribution < -0.4 is 9.75 Å². The zero-order valence-electron chi connectivity index (χ0n) is 28.4. The normalized spacial score (nSPS) is 20.3. The van der Waals surface area contributed by atoms with E-state index < -0.39 is 8.07 Å². The first-order chi connectivity index (χ1) is 22.7. The van der Waals surface area contributed by atoms with Gasteiger partial charge in [0.25, 0.3) is 0 Å². The Hall–Kier alpha value is -4.09. The van der Waals surface area contributed by atoms with Gasteiger partial charge in [0, 0.05) is 50.5 Å². The number of hydrogen-bond donors (Lipinski definition) is 0. The van der Waals surface area contributed by atoms with Gasteiger partial charge in [-0.3, -0.25) is 4.99 Å². The number of hydrogen-bond acceptors (Lipinski definition) is 3. The molecule has 238 valence electrons. The lowest BCUT2D eigenvalue weighted by Crippen LogP contribution is -2.54. The molecule has 2 atom stereocenters. The van der Waals surface area contributed by atoms with Gasteiger partial charge in [0.05, 0.1) is 20.2 Å². The van der Waals surface area contributed by atoms with Crippen molar-refractivity contribution in [3.8, 4) is 11.3 Å². The highest BCUT2D eigenvalue weighted by Gasteiger charge is 2.43. The summed E-state index contributed by atoms with van der Waals surface area (Å²) in [4.78, 5) is 9.91. The van der Waals surface area contributed by atoms with Crippen LogP contribution in [0.15, 0.2) is 95.1 Å². The number of aliphatic imine (C=N–C) groups is 1. The highest BCUT2D eigenvalue weighted by Crippen LogP contribution is 2.45. The van der Waals surface area contributed by atoms with Gasteiger partial charge in [0.15, 0.2) is 12.2 Å². The van der Waals surface area contributed by atoms with Crippen molar-refractivity contribution >= 4 is 41.0 Å². The number of nitrogens with zero attached hydrogens (tertiary/aromatic N) is 3. The summed E-state index contributed by atoms with van der Waals surface area (Å²) in [6, 6.07) is 20.7. The first kappa shape index (κ1) is 30.3. The molecule has 0 radical (unpaired) electrons. The number of aromatic nitrogens is 2. The lowest BCUT2D eigenvalue weighted by molar-refractivity contribution is -0.717. The fourth-order valence-corrected chi connectivity index (χ4v) is 10.4. The Balaban J connectivity index is 1.30. The van der Waals surface area contributed by atoms with E-state index in [1.54, 1.807) is 10.8 Å². The quantitative estimate of drug-likeness (QED) is 0.146. The van der Waals surface area contributed by atoms with E-state index in [0.29, 0.717) is 17.5 Å². The fourth-order valence-electron chi connectivity index (χ4n) is 8.76. The maximum atomic E-state index is 6.34. The number of rotatable bonds is 3. The molecule has 5 heteroatoms. The summed E-state index contributed by atoms with van der Waals surface area (Å²) in [5.41, 5.74) is 12.5. The van der Waals surface area contributed by atoms with Crippen molar-refractivity contribution in [2.24, 2.45) is 4.99 Å². The van der Waals surface area contributed by atoms with Crippen LogP contribution in [0.1, 0.15) is 90.8 Å². The largest absolute Gasteiger partial charge is 0.438 e. The van der Waals surface area contributed by atoms with Gasteiger partial charge in [0.1, 0.15) is 5.58 Å². The number of fused-ring (bicyclic) bond motifs is 10. The Morgan fingerprint density at radius 3 is 2.51 bits per heavy atom. The number of pyridine rings is 2. The van der Waals surface area contributed by atoms with E-state index in [-0.39, 0.29) is 6.04 Å². The molecule has 0 spiro atoms. The number of benzene rings is 2. The number of furan rings is 1. The van der Waals surface area contributed by atoms with Crippen LogP contribution in [-0.2, 0) is 6.42 Å². The van der Waals surface area contributed by atoms with E-state index in [1.807, 2.05) is 13.0 Å². The van der Waals surface area contributed by atoms with Crippen LogP contribution in [0.4, 0.5) is 0 Å². The molecule has 0 amide bonds. The third kappa shape index (κ3) is 5.24. The highest BCUT2D eigenvalue weighted by molar-refractivity contribution is 6.89. The van der Waals surface area contributed by atoms with Crippen LogP contribution in [0, 0.1) is 6.92 Å². The molecule has 0 bridgehead atoms. The van der Waals surface area contributed by atoms with Gasteiger partial charge in [0.2, 0.25) is 11.4 Å². The van der Waals surface area contributed by atoms with Crippen LogP contribution in [0.2, 0.25) is 19.6 Å². The molecule has 2 unspecified atom stereocenters. The molecule has 3 aromatic heterocycles. The average molecular weight is 637 g/mol. The van der Waals surface area contributed by atoms with Crippen molar-refractivity contribution in [1.82, 2.24) is 4.98 Å². The predicted octanol–water partition coefficient (Wildman–Crippen LogP) is 10.0. The lowest BCUT2D eigenvalue weighted by atomic mass is 9.76. The van der Waals surface area contributed by atoms with Crippen LogP contribution in [0.5, 0.6) is 0 Å². The smallest absolute Gasteiger partial charge is 0.227 e. The number of aryl methyl sites for hydroxylation is 2. The van der Waals surface area contributed by atoms with Crippen molar-refractivity contribution in [1.29, 1.82) is 0 Å². The van der Waals surface area contributed by atoms with Gasteiger partial charge < -0.3 is 4.42 Å². The van der Waals surface area contributed by atoms with E-state index in [9.17, 15) is 0 Å². The van der Waals surface area contributed by atoms with Gasteiger partial charge in [-0.2, -0.15) is 4.57 Å². The Labute approximate surface area is 280 Å². The molecule has 8 rings (SSSR count). The van der Waals surface area contributed by atoms with Crippen molar-refractivity contribution in [3.05, 3.63) is 114 Å². The summed E-state index contributed by atoms with van der Waals surface area (Å²) in [5.74, 6) is 1.00. The summed E-state index contributed by atoms with van der Waals surface area (Å²) < 4.78 is 8.99. The molecule has 0 saturated heterocycles. The van der Waals surface area contributed by atoms with Crippen molar-refractivity contribution in [2.75, 3.05) is 0 Å². The highest BCUT2D eigenvalue weighted by atomic mass is 28.3. The first-order valence-electron chi connectivity index (χ1n) is 17.6. The summed E-state index contributed by atoms with van der Waals surface area (Å²) in [5, 5.41) is 3.74. The van der Waals surface area contributed by atoms with Crippen LogP contribution in [0.3, 0.4) is 0 Å². The van der Waals surface area contributed by atoms with E-state index in [4.69, 9.17) is 9.41 Å². The Kier molecular flexibility index (Phi) is 7.44. The molecule has 2 aliphatic heterocycles. The van der Waals surface area contributed by atoms with E-state index in [2.05, 4.69) is 103 Å². The van der Waals surface area contributed by atoms with Crippen molar-refractivity contribution in [3.63, 3.8) is 0 Å². The molecule has 47 heavy (non-hydrogen) atoms. The molecular formula is C42H46N3OSi+. The molecule has 2 aromatic carbocycles. The standard InChI is InChI=1S/C42H46N3OSi/c1-7-37-34-23-36-33-19-17-26(2)44-42(33)46-40(36)22-29(34)18-20-32-30-15-11-12-16-31(30)39-24-35(28-13-9-8-10-14-28)41(47(4,5)6)25-45(39)38(32)21-27(3)43-37/h7,11-12,15-17,19,22-25,28,32,38H,1,3,8-10,13-14,18,20-21H2,2,4-6H3/q+1. The third-order valence-corrected chi connectivity index (χ3v) is 13.1. The Morgan fingerprint density at radius 1 is 0.915 bits per heavy atom. The number of allylic oxidation sites excluding steroid dienone is 2. The second-order valence-corrected chi connectivity index (χ2v) is 20.2. The average Bonchev–Trinajstić information content (AvgIpc) is 3.42. The maximum Gasteiger partial charge on any atom is 0.227 e. The predicted molar refractivity (Wildman–Crippen MR) is 198 cm³/mol. The van der Waals surface area contributed by atoms with Crippen LogP contribution in [-0.4, -0.2) is 18.8 Å². The molecule has 1 saturated carbocycles. The molecule has 0 N–H and O–H groups in total. The first-order valence-corrected chi connectivity index (χ1v) is 21.1. The molecular weight excluding hydrogens is 591 g/mol. The molecule has 4 nitrogen and oxygen atoms in total. The minimum Gasteiger partial charge on any atom is -0.438 e. The molecule has 1 fully saturated rings. The molecule has 3 aliphatic rings. The zero-order chi connectivity index (χ0) is 32.4. The summed E-state index contributed by atoms with van der Waals surface area (Å²) in [6.45, 7) is 18.4. The lowest BCUT2D eigenvalue weighted by Gasteiger charge is -2.34. The van der Waals surface area contributed by atoms with Gasteiger partial charge in [-0.25, -0.2) is 4.98 Å². The van der Waals surface area contributed by atoms with E-state index >= 15 is 0 Å². The van der Waals surface area contributed by atoms with Gasteiger partial charge in [-0.1, -0.05) is 70.3 Å². The molecule has 5 aromatic rings. The molecule has 5 heterocycles.